The second kappa shape index (κ2) is 5.77. The Morgan fingerprint density at radius 1 is 1.18 bits per heavy atom. The van der Waals surface area contributed by atoms with Gasteiger partial charge in [-0.3, -0.25) is 9.78 Å². The highest BCUT2D eigenvalue weighted by Crippen LogP contribution is 2.22. The SMILES string of the molecule is C=Cc1ccc(F)cc1C(=O)Nc1cccc2cccnc12. The molecule has 0 aliphatic heterocycles. The van der Waals surface area contributed by atoms with Crippen molar-refractivity contribution in [3.8, 4) is 0 Å². The lowest BCUT2D eigenvalue weighted by Gasteiger charge is -2.10. The number of halogens is 1. The van der Waals surface area contributed by atoms with E-state index in [1.807, 2.05) is 24.3 Å². The minimum absolute atomic E-state index is 0.239. The van der Waals surface area contributed by atoms with Gasteiger partial charge in [0.15, 0.2) is 0 Å². The number of rotatable bonds is 3. The number of carbonyl (C=O) groups is 1. The highest BCUT2D eigenvalue weighted by molar-refractivity contribution is 6.09. The largest absolute Gasteiger partial charge is 0.320 e. The van der Waals surface area contributed by atoms with Gasteiger partial charge < -0.3 is 5.32 Å². The molecule has 1 N–H and O–H groups in total. The number of hydrogen-bond donors (Lipinski definition) is 1. The maximum Gasteiger partial charge on any atom is 0.256 e. The number of fused-ring (bicyclic) bond motifs is 1. The molecule has 0 atom stereocenters. The van der Waals surface area contributed by atoms with Crippen LogP contribution in [0.5, 0.6) is 0 Å². The van der Waals surface area contributed by atoms with E-state index in [0.29, 0.717) is 16.8 Å². The molecule has 0 spiro atoms. The standard InChI is InChI=1S/C18H13FN2O/c1-2-12-8-9-14(19)11-15(12)18(22)21-16-7-3-5-13-6-4-10-20-17(13)16/h2-11H,1H2,(H,21,22). The number of pyridine rings is 1. The maximum absolute atomic E-state index is 13.4. The van der Waals surface area contributed by atoms with Crippen LogP contribution < -0.4 is 5.32 Å². The summed E-state index contributed by atoms with van der Waals surface area (Å²) in [5.74, 6) is -0.862. The Morgan fingerprint density at radius 3 is 2.82 bits per heavy atom. The summed E-state index contributed by atoms with van der Waals surface area (Å²) in [6.07, 6.45) is 3.19. The number of carbonyl (C=O) groups excluding carboxylic acids is 1. The number of aromatic nitrogens is 1. The predicted molar refractivity (Wildman–Crippen MR) is 86.2 cm³/mol. The molecule has 3 rings (SSSR count). The lowest BCUT2D eigenvalue weighted by atomic mass is 10.1. The predicted octanol–water partition coefficient (Wildman–Crippen LogP) is 4.27. The Bertz CT molecular complexity index is 869. The van der Waals surface area contributed by atoms with Gasteiger partial charge in [0.05, 0.1) is 11.2 Å². The molecule has 4 heteroatoms. The average molecular weight is 292 g/mol. The van der Waals surface area contributed by atoms with Crippen molar-refractivity contribution in [3.05, 3.63) is 78.3 Å². The van der Waals surface area contributed by atoms with Crippen molar-refractivity contribution in [3.63, 3.8) is 0 Å². The zero-order valence-corrected chi connectivity index (χ0v) is 11.7. The molecule has 0 radical (unpaired) electrons. The van der Waals surface area contributed by atoms with E-state index in [4.69, 9.17) is 0 Å². The molecule has 1 amide bonds. The lowest BCUT2D eigenvalue weighted by molar-refractivity contribution is 0.102. The summed E-state index contributed by atoms with van der Waals surface area (Å²) in [6, 6.07) is 13.3. The van der Waals surface area contributed by atoms with Crippen LogP contribution in [0.15, 0.2) is 61.3 Å². The molecular formula is C18H13FN2O. The van der Waals surface area contributed by atoms with Crippen LogP contribution in [0.4, 0.5) is 10.1 Å². The normalized spacial score (nSPS) is 10.4. The van der Waals surface area contributed by atoms with Gasteiger partial charge in [-0.05, 0) is 29.8 Å². The van der Waals surface area contributed by atoms with Crippen LogP contribution in [0, 0.1) is 5.82 Å². The molecule has 22 heavy (non-hydrogen) atoms. The van der Waals surface area contributed by atoms with Crippen LogP contribution in [0.2, 0.25) is 0 Å². The van der Waals surface area contributed by atoms with E-state index in [2.05, 4.69) is 16.9 Å². The number of benzene rings is 2. The molecule has 0 bridgehead atoms. The first-order valence-electron chi connectivity index (χ1n) is 6.76. The molecule has 1 heterocycles. The number of nitrogens with one attached hydrogen (secondary N) is 1. The van der Waals surface area contributed by atoms with Gasteiger partial charge in [0.1, 0.15) is 5.82 Å². The molecule has 0 saturated heterocycles. The molecule has 2 aromatic carbocycles. The summed E-state index contributed by atoms with van der Waals surface area (Å²) in [5, 5.41) is 3.71. The molecular weight excluding hydrogens is 279 g/mol. The van der Waals surface area contributed by atoms with Gasteiger partial charge in [0.2, 0.25) is 0 Å². The molecule has 3 aromatic rings. The Labute approximate surface area is 127 Å². The molecule has 3 nitrogen and oxygen atoms in total. The second-order valence-electron chi connectivity index (χ2n) is 4.77. The van der Waals surface area contributed by atoms with Crippen molar-refractivity contribution < 1.29 is 9.18 Å². The average Bonchev–Trinajstić information content (AvgIpc) is 2.55. The van der Waals surface area contributed by atoms with Crippen molar-refractivity contribution in [1.29, 1.82) is 0 Å². The number of amides is 1. The number of anilines is 1. The fraction of sp³-hybridized carbons (Fsp3) is 0. The minimum Gasteiger partial charge on any atom is -0.320 e. The zero-order valence-electron chi connectivity index (χ0n) is 11.7. The molecule has 0 aliphatic carbocycles. The lowest BCUT2D eigenvalue weighted by Crippen LogP contribution is -2.14. The van der Waals surface area contributed by atoms with Gasteiger partial charge in [-0.15, -0.1) is 0 Å². The summed E-state index contributed by atoms with van der Waals surface area (Å²) in [7, 11) is 0. The van der Waals surface area contributed by atoms with Crippen LogP contribution in [-0.4, -0.2) is 10.9 Å². The van der Waals surface area contributed by atoms with Crippen molar-refractivity contribution >= 4 is 28.6 Å². The Hall–Kier alpha value is -3.01. The first kappa shape index (κ1) is 13.9. The molecule has 108 valence electrons. The summed E-state index contributed by atoms with van der Waals surface area (Å²) in [5.41, 5.74) is 2.09. The fourth-order valence-electron chi connectivity index (χ4n) is 2.30. The summed E-state index contributed by atoms with van der Waals surface area (Å²) in [6.45, 7) is 3.65. The summed E-state index contributed by atoms with van der Waals surface area (Å²) in [4.78, 5) is 16.7. The highest BCUT2D eigenvalue weighted by Gasteiger charge is 2.13. The van der Waals surface area contributed by atoms with Gasteiger partial charge in [0, 0.05) is 17.1 Å². The third-order valence-corrected chi connectivity index (χ3v) is 3.36. The van der Waals surface area contributed by atoms with Crippen molar-refractivity contribution in [2.24, 2.45) is 0 Å². The van der Waals surface area contributed by atoms with Crippen LogP contribution in [-0.2, 0) is 0 Å². The van der Waals surface area contributed by atoms with E-state index >= 15 is 0 Å². The Kier molecular flexibility index (Phi) is 3.66. The van der Waals surface area contributed by atoms with E-state index in [-0.39, 0.29) is 5.56 Å². The monoisotopic (exact) mass is 292 g/mol. The highest BCUT2D eigenvalue weighted by atomic mass is 19.1. The molecule has 1 aromatic heterocycles. The topological polar surface area (TPSA) is 42.0 Å². The van der Waals surface area contributed by atoms with Crippen LogP contribution in [0.1, 0.15) is 15.9 Å². The van der Waals surface area contributed by atoms with E-state index in [1.54, 1.807) is 12.3 Å². The molecule has 0 fully saturated rings. The van der Waals surface area contributed by atoms with Crippen LogP contribution in [0.3, 0.4) is 0 Å². The van der Waals surface area contributed by atoms with E-state index in [1.165, 1.54) is 24.3 Å². The molecule has 0 unspecified atom stereocenters. The smallest absolute Gasteiger partial charge is 0.256 e. The van der Waals surface area contributed by atoms with Crippen molar-refractivity contribution in [2.75, 3.05) is 5.32 Å². The van der Waals surface area contributed by atoms with Gasteiger partial charge in [-0.2, -0.15) is 0 Å². The third-order valence-electron chi connectivity index (χ3n) is 3.36. The van der Waals surface area contributed by atoms with Gasteiger partial charge in [0.25, 0.3) is 5.91 Å². The number of para-hydroxylation sites is 1. The van der Waals surface area contributed by atoms with Gasteiger partial charge in [-0.25, -0.2) is 4.39 Å². The summed E-state index contributed by atoms with van der Waals surface area (Å²) >= 11 is 0. The zero-order chi connectivity index (χ0) is 15.5. The molecule has 0 aliphatic rings. The van der Waals surface area contributed by atoms with Gasteiger partial charge in [-0.1, -0.05) is 36.9 Å². The van der Waals surface area contributed by atoms with Crippen LogP contribution >= 0.6 is 0 Å². The first-order valence-corrected chi connectivity index (χ1v) is 6.76. The Morgan fingerprint density at radius 2 is 2.00 bits per heavy atom. The van der Waals surface area contributed by atoms with E-state index in [0.717, 1.165) is 5.39 Å². The summed E-state index contributed by atoms with van der Waals surface area (Å²) < 4.78 is 13.4. The number of hydrogen-bond acceptors (Lipinski definition) is 2. The maximum atomic E-state index is 13.4. The van der Waals surface area contributed by atoms with Gasteiger partial charge >= 0.3 is 0 Å². The second-order valence-corrected chi connectivity index (χ2v) is 4.77. The first-order chi connectivity index (χ1) is 10.7. The number of nitrogens with zero attached hydrogens (tertiary/aromatic N) is 1. The quantitative estimate of drug-likeness (QED) is 0.783. The van der Waals surface area contributed by atoms with Crippen LogP contribution in [0.25, 0.3) is 17.0 Å². The fourth-order valence-corrected chi connectivity index (χ4v) is 2.30. The van der Waals surface area contributed by atoms with E-state index < -0.39 is 11.7 Å². The Balaban J connectivity index is 2.00. The van der Waals surface area contributed by atoms with E-state index in [9.17, 15) is 9.18 Å². The molecule has 0 saturated carbocycles. The van der Waals surface area contributed by atoms with Crippen molar-refractivity contribution in [2.45, 2.75) is 0 Å². The minimum atomic E-state index is -0.466. The van der Waals surface area contributed by atoms with Crippen molar-refractivity contribution in [1.82, 2.24) is 4.98 Å². The third kappa shape index (κ3) is 2.59.